The molecule has 0 fully saturated rings. The van der Waals surface area contributed by atoms with E-state index in [-0.39, 0.29) is 18.4 Å². The Hall–Kier alpha value is -2.42. The molecule has 6 heteroatoms. The Kier molecular flexibility index (Phi) is 5.66. The molecule has 4 nitrogen and oxygen atoms in total. The van der Waals surface area contributed by atoms with Gasteiger partial charge in [0, 0.05) is 12.5 Å². The van der Waals surface area contributed by atoms with E-state index in [1.54, 1.807) is 0 Å². The quantitative estimate of drug-likeness (QED) is 0.651. The molecular formula is C14H13F2NO3. The average molecular weight is 281 g/mol. The van der Waals surface area contributed by atoms with Gasteiger partial charge in [0.15, 0.2) is 0 Å². The van der Waals surface area contributed by atoms with Gasteiger partial charge in [-0.05, 0) is 17.7 Å². The standard InChI is InChI=1S/C14H13F2NO3/c1-3-4-12(14(19)20-2)17-13(18)7-9-5-10(15)8-11(16)6-9/h1,5-6,8,12H,4,7H2,2H3,(H,17,18)/t12-/m1/s1. The summed E-state index contributed by atoms with van der Waals surface area (Å²) in [5, 5.41) is 2.36. The zero-order valence-electron chi connectivity index (χ0n) is 10.8. The van der Waals surface area contributed by atoms with Gasteiger partial charge >= 0.3 is 5.97 Å². The SMILES string of the molecule is C#CC[C@@H](NC(=O)Cc1cc(F)cc(F)c1)C(=O)OC. The Balaban J connectivity index is 2.70. The number of terminal acetylenes is 1. The molecule has 0 unspecified atom stereocenters. The first-order chi connectivity index (χ1) is 9.46. The molecule has 1 rings (SSSR count). The maximum absolute atomic E-state index is 13.0. The lowest BCUT2D eigenvalue weighted by Gasteiger charge is -2.14. The number of hydrogen-bond acceptors (Lipinski definition) is 3. The first-order valence-corrected chi connectivity index (χ1v) is 5.72. The molecule has 0 radical (unpaired) electrons. The first-order valence-electron chi connectivity index (χ1n) is 5.72. The maximum atomic E-state index is 13.0. The number of hydrogen-bond donors (Lipinski definition) is 1. The fourth-order valence-corrected chi connectivity index (χ4v) is 1.60. The van der Waals surface area contributed by atoms with Crippen LogP contribution < -0.4 is 5.32 Å². The van der Waals surface area contributed by atoms with Crippen LogP contribution in [0.1, 0.15) is 12.0 Å². The van der Waals surface area contributed by atoms with Gasteiger partial charge < -0.3 is 10.1 Å². The minimum Gasteiger partial charge on any atom is -0.467 e. The number of carbonyl (C=O) groups is 2. The summed E-state index contributed by atoms with van der Waals surface area (Å²) >= 11 is 0. The molecule has 0 aliphatic rings. The Morgan fingerprint density at radius 3 is 2.45 bits per heavy atom. The van der Waals surface area contributed by atoms with Crippen LogP contribution in [0, 0.1) is 24.0 Å². The van der Waals surface area contributed by atoms with Crippen molar-refractivity contribution >= 4 is 11.9 Å². The van der Waals surface area contributed by atoms with Crippen molar-refractivity contribution in [2.45, 2.75) is 18.9 Å². The van der Waals surface area contributed by atoms with E-state index in [1.165, 1.54) is 7.11 Å². The number of benzene rings is 1. The van der Waals surface area contributed by atoms with E-state index in [0.29, 0.717) is 6.07 Å². The van der Waals surface area contributed by atoms with E-state index in [9.17, 15) is 18.4 Å². The van der Waals surface area contributed by atoms with Gasteiger partial charge in [-0.15, -0.1) is 12.3 Å². The number of esters is 1. The summed E-state index contributed by atoms with van der Waals surface area (Å²) in [5.41, 5.74) is 0.157. The van der Waals surface area contributed by atoms with E-state index in [0.717, 1.165) is 12.1 Å². The molecule has 0 saturated carbocycles. The van der Waals surface area contributed by atoms with Gasteiger partial charge in [-0.2, -0.15) is 0 Å². The summed E-state index contributed by atoms with van der Waals surface area (Å²) in [6.45, 7) is 0. The summed E-state index contributed by atoms with van der Waals surface area (Å²) in [7, 11) is 1.17. The molecule has 0 aliphatic carbocycles. The smallest absolute Gasteiger partial charge is 0.329 e. The molecule has 1 N–H and O–H groups in total. The van der Waals surface area contributed by atoms with Gasteiger partial charge in [-0.25, -0.2) is 13.6 Å². The summed E-state index contributed by atoms with van der Waals surface area (Å²) in [5.74, 6) is -0.581. The van der Waals surface area contributed by atoms with Crippen molar-refractivity contribution in [3.8, 4) is 12.3 Å². The van der Waals surface area contributed by atoms with Crippen LogP contribution in [0.4, 0.5) is 8.78 Å². The molecule has 0 aliphatic heterocycles. The lowest BCUT2D eigenvalue weighted by Crippen LogP contribution is -2.42. The fraction of sp³-hybridized carbons (Fsp3) is 0.286. The first kappa shape index (κ1) is 15.6. The number of carbonyl (C=O) groups excluding carboxylic acids is 2. The van der Waals surface area contributed by atoms with Crippen LogP contribution >= 0.6 is 0 Å². The van der Waals surface area contributed by atoms with Gasteiger partial charge in [-0.1, -0.05) is 0 Å². The highest BCUT2D eigenvalue weighted by Gasteiger charge is 2.20. The summed E-state index contributed by atoms with van der Waals surface area (Å²) in [6.07, 6.45) is 4.78. The van der Waals surface area contributed by atoms with Crippen molar-refractivity contribution < 1.29 is 23.1 Å². The Bertz CT molecular complexity index is 532. The lowest BCUT2D eigenvalue weighted by molar-refractivity contribution is -0.144. The van der Waals surface area contributed by atoms with Gasteiger partial charge in [0.05, 0.1) is 13.5 Å². The molecule has 0 heterocycles. The number of nitrogens with one attached hydrogen (secondary N) is 1. The molecule has 0 saturated heterocycles. The number of amides is 1. The predicted molar refractivity (Wildman–Crippen MR) is 67.5 cm³/mol. The van der Waals surface area contributed by atoms with Crippen LogP contribution in [0.15, 0.2) is 18.2 Å². The molecule has 0 bridgehead atoms. The largest absolute Gasteiger partial charge is 0.467 e. The minimum atomic E-state index is -0.976. The highest BCUT2D eigenvalue weighted by molar-refractivity contribution is 5.85. The van der Waals surface area contributed by atoms with Gasteiger partial charge in [0.25, 0.3) is 0 Å². The van der Waals surface area contributed by atoms with Crippen LogP contribution in [-0.2, 0) is 20.7 Å². The highest BCUT2D eigenvalue weighted by Crippen LogP contribution is 2.08. The molecule has 1 aromatic rings. The zero-order valence-corrected chi connectivity index (χ0v) is 10.8. The van der Waals surface area contributed by atoms with Crippen LogP contribution in [0.5, 0.6) is 0 Å². The molecule has 106 valence electrons. The van der Waals surface area contributed by atoms with Crippen molar-refractivity contribution in [3.05, 3.63) is 35.4 Å². The van der Waals surface area contributed by atoms with Gasteiger partial charge in [0.1, 0.15) is 17.7 Å². The van der Waals surface area contributed by atoms with Gasteiger partial charge in [0.2, 0.25) is 5.91 Å². The Labute approximate surface area is 115 Å². The second-order valence-electron chi connectivity index (χ2n) is 4.01. The highest BCUT2D eigenvalue weighted by atomic mass is 19.1. The average Bonchev–Trinajstić information content (AvgIpc) is 2.35. The second kappa shape index (κ2) is 7.24. The van der Waals surface area contributed by atoms with Crippen molar-refractivity contribution in [2.75, 3.05) is 7.11 Å². The third-order valence-corrected chi connectivity index (χ3v) is 2.43. The molecule has 0 spiro atoms. The van der Waals surface area contributed by atoms with Crippen LogP contribution in [0.2, 0.25) is 0 Å². The number of ether oxygens (including phenoxy) is 1. The summed E-state index contributed by atoms with van der Waals surface area (Å²) in [4.78, 5) is 23.1. The van der Waals surface area contributed by atoms with E-state index >= 15 is 0 Å². The molecule has 1 amide bonds. The number of halogens is 2. The number of rotatable bonds is 5. The van der Waals surface area contributed by atoms with Crippen molar-refractivity contribution in [1.82, 2.24) is 5.32 Å². The van der Waals surface area contributed by atoms with Crippen LogP contribution in [0.3, 0.4) is 0 Å². The fourth-order valence-electron chi connectivity index (χ4n) is 1.60. The Morgan fingerprint density at radius 2 is 1.95 bits per heavy atom. The summed E-state index contributed by atoms with van der Waals surface area (Å²) in [6, 6.07) is 1.81. The normalized spacial score (nSPS) is 11.3. The molecular weight excluding hydrogens is 268 g/mol. The van der Waals surface area contributed by atoms with Crippen molar-refractivity contribution in [1.29, 1.82) is 0 Å². The molecule has 0 aromatic heterocycles. The zero-order chi connectivity index (χ0) is 15.1. The molecule has 1 aromatic carbocycles. The maximum Gasteiger partial charge on any atom is 0.329 e. The van der Waals surface area contributed by atoms with Crippen LogP contribution in [0.25, 0.3) is 0 Å². The summed E-state index contributed by atoms with van der Waals surface area (Å²) < 4.78 is 30.4. The van der Waals surface area contributed by atoms with Crippen molar-refractivity contribution in [2.24, 2.45) is 0 Å². The van der Waals surface area contributed by atoms with E-state index in [1.807, 2.05) is 0 Å². The van der Waals surface area contributed by atoms with Crippen molar-refractivity contribution in [3.63, 3.8) is 0 Å². The van der Waals surface area contributed by atoms with E-state index < -0.39 is 29.6 Å². The van der Waals surface area contributed by atoms with E-state index in [2.05, 4.69) is 16.0 Å². The third kappa shape index (κ3) is 4.69. The monoisotopic (exact) mass is 281 g/mol. The lowest BCUT2D eigenvalue weighted by atomic mass is 10.1. The Morgan fingerprint density at radius 1 is 1.35 bits per heavy atom. The van der Waals surface area contributed by atoms with Crippen LogP contribution in [-0.4, -0.2) is 25.0 Å². The molecule has 20 heavy (non-hydrogen) atoms. The molecule has 1 atom stereocenters. The minimum absolute atomic E-state index is 0.0318. The van der Waals surface area contributed by atoms with Gasteiger partial charge in [-0.3, -0.25) is 4.79 Å². The predicted octanol–water partition coefficient (Wildman–Crippen LogP) is 1.19. The third-order valence-electron chi connectivity index (χ3n) is 2.43. The van der Waals surface area contributed by atoms with E-state index in [4.69, 9.17) is 6.42 Å². The second-order valence-corrected chi connectivity index (χ2v) is 4.01. The topological polar surface area (TPSA) is 55.4 Å². The number of methoxy groups -OCH3 is 1.